The SMILES string of the molecule is CN(C)CCCCNC(=O)c1cc(F)c(NN)c(F)c1. The second-order valence-electron chi connectivity index (χ2n) is 4.73. The molecule has 7 heteroatoms. The van der Waals surface area contributed by atoms with Crippen LogP contribution in [0.5, 0.6) is 0 Å². The van der Waals surface area contributed by atoms with Crippen LogP contribution in [0.3, 0.4) is 0 Å². The van der Waals surface area contributed by atoms with Crippen LogP contribution in [0.15, 0.2) is 12.1 Å². The minimum atomic E-state index is -0.898. The maximum absolute atomic E-state index is 13.4. The Morgan fingerprint density at radius 3 is 2.35 bits per heavy atom. The highest BCUT2D eigenvalue weighted by atomic mass is 19.1. The van der Waals surface area contributed by atoms with Crippen molar-refractivity contribution in [3.8, 4) is 0 Å². The zero-order chi connectivity index (χ0) is 15.1. The number of benzene rings is 1. The van der Waals surface area contributed by atoms with Crippen LogP contribution in [0.1, 0.15) is 23.2 Å². The van der Waals surface area contributed by atoms with E-state index in [4.69, 9.17) is 5.84 Å². The normalized spacial score (nSPS) is 10.7. The molecule has 0 spiro atoms. The average Bonchev–Trinajstić information content (AvgIpc) is 2.37. The van der Waals surface area contributed by atoms with Crippen molar-refractivity contribution in [2.75, 3.05) is 32.6 Å². The van der Waals surface area contributed by atoms with Gasteiger partial charge in [0.2, 0.25) is 0 Å². The van der Waals surface area contributed by atoms with E-state index in [9.17, 15) is 13.6 Å². The van der Waals surface area contributed by atoms with Crippen LogP contribution >= 0.6 is 0 Å². The molecule has 112 valence electrons. The van der Waals surface area contributed by atoms with Crippen molar-refractivity contribution < 1.29 is 13.6 Å². The lowest BCUT2D eigenvalue weighted by Gasteiger charge is -2.10. The van der Waals surface area contributed by atoms with Gasteiger partial charge in [-0.3, -0.25) is 10.6 Å². The molecule has 1 aromatic rings. The molecular weight excluding hydrogens is 266 g/mol. The zero-order valence-electron chi connectivity index (χ0n) is 11.7. The van der Waals surface area contributed by atoms with Gasteiger partial charge in [-0.2, -0.15) is 0 Å². The first-order valence-electron chi connectivity index (χ1n) is 6.34. The molecule has 0 aliphatic heterocycles. The minimum absolute atomic E-state index is 0.0633. The van der Waals surface area contributed by atoms with Gasteiger partial charge in [-0.25, -0.2) is 8.78 Å². The number of hydrogen-bond acceptors (Lipinski definition) is 4. The van der Waals surface area contributed by atoms with E-state index in [0.29, 0.717) is 6.54 Å². The number of carbonyl (C=O) groups is 1. The third-order valence-electron chi connectivity index (χ3n) is 2.77. The van der Waals surface area contributed by atoms with E-state index >= 15 is 0 Å². The molecule has 0 heterocycles. The van der Waals surface area contributed by atoms with E-state index in [1.807, 2.05) is 24.4 Å². The Kier molecular flexibility index (Phi) is 6.33. The van der Waals surface area contributed by atoms with Crippen LogP contribution in [0.2, 0.25) is 0 Å². The molecule has 20 heavy (non-hydrogen) atoms. The molecule has 0 aromatic heterocycles. The molecule has 4 N–H and O–H groups in total. The monoisotopic (exact) mass is 286 g/mol. The fourth-order valence-corrected chi connectivity index (χ4v) is 1.70. The number of hydrazine groups is 1. The molecule has 1 aromatic carbocycles. The van der Waals surface area contributed by atoms with Crippen molar-refractivity contribution in [1.82, 2.24) is 10.2 Å². The van der Waals surface area contributed by atoms with Gasteiger partial charge in [0, 0.05) is 12.1 Å². The summed E-state index contributed by atoms with van der Waals surface area (Å²) in [6.07, 6.45) is 1.74. The Balaban J connectivity index is 2.52. The highest BCUT2D eigenvalue weighted by molar-refractivity contribution is 5.94. The van der Waals surface area contributed by atoms with Gasteiger partial charge >= 0.3 is 0 Å². The van der Waals surface area contributed by atoms with E-state index in [-0.39, 0.29) is 5.56 Å². The molecule has 0 aliphatic carbocycles. The molecule has 0 saturated heterocycles. The number of amides is 1. The first-order valence-corrected chi connectivity index (χ1v) is 6.34. The first-order chi connectivity index (χ1) is 9.45. The van der Waals surface area contributed by atoms with Gasteiger partial charge in [0.1, 0.15) is 5.69 Å². The van der Waals surface area contributed by atoms with Crippen LogP contribution in [-0.2, 0) is 0 Å². The quantitative estimate of drug-likeness (QED) is 0.402. The van der Waals surface area contributed by atoms with Gasteiger partial charge in [-0.1, -0.05) is 0 Å². The summed E-state index contributed by atoms with van der Waals surface area (Å²) in [6.45, 7) is 1.39. The molecule has 5 nitrogen and oxygen atoms in total. The van der Waals surface area contributed by atoms with E-state index in [1.54, 1.807) is 0 Å². The van der Waals surface area contributed by atoms with Crippen LogP contribution in [0, 0.1) is 11.6 Å². The Morgan fingerprint density at radius 1 is 1.25 bits per heavy atom. The van der Waals surface area contributed by atoms with Gasteiger partial charge in [0.25, 0.3) is 5.91 Å². The van der Waals surface area contributed by atoms with Crippen molar-refractivity contribution in [3.05, 3.63) is 29.3 Å². The predicted octanol–water partition coefficient (Wildman–Crippen LogP) is 1.32. The minimum Gasteiger partial charge on any atom is -0.352 e. The fraction of sp³-hybridized carbons (Fsp3) is 0.462. The smallest absolute Gasteiger partial charge is 0.251 e. The molecule has 0 atom stereocenters. The molecule has 0 bridgehead atoms. The van der Waals surface area contributed by atoms with Gasteiger partial charge < -0.3 is 15.6 Å². The Bertz CT molecular complexity index is 443. The lowest BCUT2D eigenvalue weighted by atomic mass is 10.1. The van der Waals surface area contributed by atoms with Gasteiger partial charge in [-0.15, -0.1) is 0 Å². The highest BCUT2D eigenvalue weighted by Crippen LogP contribution is 2.19. The number of rotatable bonds is 7. The molecule has 0 fully saturated rings. The Morgan fingerprint density at radius 2 is 1.85 bits per heavy atom. The van der Waals surface area contributed by atoms with Crippen molar-refractivity contribution in [2.45, 2.75) is 12.8 Å². The molecular formula is C13H20F2N4O. The standard InChI is InChI=1S/C13H20F2N4O/c1-19(2)6-4-3-5-17-13(20)9-7-10(14)12(18-16)11(15)8-9/h7-8,18H,3-6,16H2,1-2H3,(H,17,20). The van der Waals surface area contributed by atoms with Gasteiger partial charge in [0.15, 0.2) is 11.6 Å². The van der Waals surface area contributed by atoms with Crippen LogP contribution < -0.4 is 16.6 Å². The van der Waals surface area contributed by atoms with E-state index in [1.165, 1.54) is 0 Å². The number of halogens is 2. The summed E-state index contributed by atoms with van der Waals surface area (Å²) in [5, 5.41) is 2.62. The first kappa shape index (κ1) is 16.3. The van der Waals surface area contributed by atoms with Crippen molar-refractivity contribution in [1.29, 1.82) is 0 Å². The number of nitrogen functional groups attached to an aromatic ring is 1. The summed E-state index contributed by atoms with van der Waals surface area (Å²) >= 11 is 0. The van der Waals surface area contributed by atoms with E-state index in [0.717, 1.165) is 31.5 Å². The summed E-state index contributed by atoms with van der Waals surface area (Å²) in [6, 6.07) is 1.90. The summed E-state index contributed by atoms with van der Waals surface area (Å²) < 4.78 is 26.9. The second kappa shape index (κ2) is 7.76. The largest absolute Gasteiger partial charge is 0.352 e. The summed E-state index contributed by atoms with van der Waals surface area (Å²) in [5.41, 5.74) is 1.40. The lowest BCUT2D eigenvalue weighted by molar-refractivity contribution is 0.0952. The van der Waals surface area contributed by atoms with Crippen molar-refractivity contribution in [2.24, 2.45) is 5.84 Å². The van der Waals surface area contributed by atoms with Gasteiger partial charge in [0.05, 0.1) is 0 Å². The van der Waals surface area contributed by atoms with Crippen LogP contribution in [-0.4, -0.2) is 38.0 Å². The number of hydrogen-bond donors (Lipinski definition) is 3. The molecule has 0 saturated carbocycles. The maximum atomic E-state index is 13.4. The number of nitrogens with zero attached hydrogens (tertiary/aromatic N) is 1. The van der Waals surface area contributed by atoms with Crippen LogP contribution in [0.4, 0.5) is 14.5 Å². The number of anilines is 1. The molecule has 1 amide bonds. The molecule has 0 radical (unpaired) electrons. The molecule has 0 unspecified atom stereocenters. The average molecular weight is 286 g/mol. The van der Waals surface area contributed by atoms with Crippen molar-refractivity contribution >= 4 is 11.6 Å². The summed E-state index contributed by atoms with van der Waals surface area (Å²) in [4.78, 5) is 13.8. The number of unbranched alkanes of at least 4 members (excludes halogenated alkanes) is 1. The number of carbonyl (C=O) groups excluding carboxylic acids is 1. The maximum Gasteiger partial charge on any atom is 0.251 e. The van der Waals surface area contributed by atoms with E-state index < -0.39 is 23.2 Å². The number of nitrogens with two attached hydrogens (primary N) is 1. The summed E-state index contributed by atoms with van der Waals surface area (Å²) in [7, 11) is 3.94. The third kappa shape index (κ3) is 4.75. The number of nitrogens with one attached hydrogen (secondary N) is 2. The second-order valence-corrected chi connectivity index (χ2v) is 4.73. The Hall–Kier alpha value is -1.73. The van der Waals surface area contributed by atoms with Gasteiger partial charge in [-0.05, 0) is 45.6 Å². The molecule has 0 aliphatic rings. The third-order valence-corrected chi connectivity index (χ3v) is 2.77. The van der Waals surface area contributed by atoms with Crippen LogP contribution in [0.25, 0.3) is 0 Å². The highest BCUT2D eigenvalue weighted by Gasteiger charge is 2.14. The molecule has 1 rings (SSSR count). The topological polar surface area (TPSA) is 70.4 Å². The lowest BCUT2D eigenvalue weighted by Crippen LogP contribution is -2.25. The van der Waals surface area contributed by atoms with Crippen molar-refractivity contribution in [3.63, 3.8) is 0 Å². The fourth-order valence-electron chi connectivity index (χ4n) is 1.70. The summed E-state index contributed by atoms with van der Waals surface area (Å²) in [5.74, 6) is 2.68. The Labute approximate surface area is 117 Å². The zero-order valence-corrected chi connectivity index (χ0v) is 11.7. The van der Waals surface area contributed by atoms with E-state index in [2.05, 4.69) is 5.32 Å². The predicted molar refractivity (Wildman–Crippen MR) is 74.3 cm³/mol.